The third kappa shape index (κ3) is 16.9. The number of ether oxygens (including phenoxy) is 3. The monoisotopic (exact) mass is 1630 g/mol. The molecule has 35 heteroatoms. The third-order valence-corrected chi connectivity index (χ3v) is 21.7. The SMILES string of the molecule is CCOc1ccc(CN2CCN(c3ccc(-c4cc(-c5cnn(C)c5)cn5nc(N)c(C#N)c45)cn3)CC2)cn1.COc1ncc(CN2CCN(c3ccc(-c4cc(-c5cnn(C)c5)cn5nc(N)c(C#N)c45)cn3)CC2)cc1Cl.COc1ncc(CN2CCN(c3ccc(-c4cc(-c5cnn(C)c5)cn5nc(N)c(C#N)c45)cn3)CC2)cc1F. The molecule has 0 unspecified atom stereocenters. The van der Waals surface area contributed by atoms with Gasteiger partial charge in [0, 0.05) is 267 Å². The molecule has 3 aliphatic heterocycles. The van der Waals surface area contributed by atoms with Crippen LogP contribution in [0.4, 0.5) is 39.3 Å². The highest BCUT2D eigenvalue weighted by atomic mass is 35.5. The summed E-state index contributed by atoms with van der Waals surface area (Å²) in [6.07, 6.45) is 27.7. The van der Waals surface area contributed by atoms with Crippen molar-refractivity contribution in [1.29, 1.82) is 15.8 Å². The smallest absolute Gasteiger partial charge is 0.250 e. The summed E-state index contributed by atoms with van der Waals surface area (Å²) >= 11 is 6.25. The van der Waals surface area contributed by atoms with Crippen molar-refractivity contribution in [1.82, 2.24) is 103 Å². The zero-order valence-electron chi connectivity index (χ0n) is 66.8. The van der Waals surface area contributed by atoms with Gasteiger partial charge in [0.25, 0.3) is 0 Å². The molecular weight excluding hydrogens is 1540 g/mol. The molecule has 3 saturated heterocycles. The maximum atomic E-state index is 14.0. The largest absolute Gasteiger partial charge is 0.480 e. The van der Waals surface area contributed by atoms with Gasteiger partial charge in [-0.15, -0.1) is 15.3 Å². The molecule has 0 atom stereocenters. The van der Waals surface area contributed by atoms with Gasteiger partial charge < -0.3 is 46.1 Å². The zero-order chi connectivity index (χ0) is 83.2. The van der Waals surface area contributed by atoms with Crippen LogP contribution in [0.15, 0.2) is 172 Å². The Morgan fingerprint density at radius 3 is 1.06 bits per heavy atom. The first-order valence-corrected chi connectivity index (χ1v) is 39.1. The van der Waals surface area contributed by atoms with Crippen molar-refractivity contribution < 1.29 is 18.6 Å². The normalized spacial score (nSPS) is 14.0. The van der Waals surface area contributed by atoms with E-state index in [0.29, 0.717) is 63.2 Å². The van der Waals surface area contributed by atoms with Crippen LogP contribution in [0.25, 0.3) is 83.3 Å². The summed E-state index contributed by atoms with van der Waals surface area (Å²) in [5.74, 6) is 3.95. The summed E-state index contributed by atoms with van der Waals surface area (Å²) in [6.45, 7) is 15.1. The van der Waals surface area contributed by atoms with Crippen molar-refractivity contribution in [2.24, 2.45) is 21.1 Å². The minimum atomic E-state index is -0.452. The highest BCUT2D eigenvalue weighted by Crippen LogP contribution is 2.39. The highest BCUT2D eigenvalue weighted by Gasteiger charge is 2.27. The first-order chi connectivity index (χ1) is 58.4. The molecule has 6 N–H and O–H groups in total. The molecule has 3 aliphatic rings. The Morgan fingerprint density at radius 2 is 0.758 bits per heavy atom. The number of fused-ring (bicyclic) bond motifs is 3. The van der Waals surface area contributed by atoms with Crippen LogP contribution in [-0.2, 0) is 40.8 Å². The second-order valence-electron chi connectivity index (χ2n) is 29.2. The first kappa shape index (κ1) is 79.2. The van der Waals surface area contributed by atoms with E-state index in [2.05, 4.69) is 99.2 Å². The minimum absolute atomic E-state index is 0.00757. The molecule has 15 aromatic heterocycles. The third-order valence-electron chi connectivity index (χ3n) is 21.4. The van der Waals surface area contributed by atoms with Crippen molar-refractivity contribution in [2.75, 3.05) is 131 Å². The van der Waals surface area contributed by atoms with Crippen LogP contribution in [-0.4, -0.2) is 202 Å². The van der Waals surface area contributed by atoms with Gasteiger partial charge in [-0.3, -0.25) is 28.7 Å². The van der Waals surface area contributed by atoms with Gasteiger partial charge in [0.2, 0.25) is 17.6 Å². The number of nitrogens with two attached hydrogens (primary N) is 3. The van der Waals surface area contributed by atoms with Crippen molar-refractivity contribution in [2.45, 2.75) is 26.6 Å². The van der Waals surface area contributed by atoms with Gasteiger partial charge in [-0.1, -0.05) is 17.7 Å². The van der Waals surface area contributed by atoms with Crippen LogP contribution in [0.1, 0.15) is 40.3 Å². The fraction of sp³-hybridized carbons (Fsp3) is 0.259. The van der Waals surface area contributed by atoms with Crippen molar-refractivity contribution >= 4 is 63.1 Å². The van der Waals surface area contributed by atoms with Gasteiger partial charge in [0.1, 0.15) is 57.4 Å². The number of halogens is 2. The van der Waals surface area contributed by atoms with Crippen LogP contribution in [0, 0.1) is 39.8 Å². The van der Waals surface area contributed by atoms with Crippen molar-refractivity contribution in [3.8, 4) is 103 Å². The predicted molar refractivity (Wildman–Crippen MR) is 454 cm³/mol. The minimum Gasteiger partial charge on any atom is -0.480 e. The van der Waals surface area contributed by atoms with Gasteiger partial charge in [-0.05, 0) is 90.3 Å². The van der Waals surface area contributed by atoms with Gasteiger partial charge in [-0.25, -0.2) is 47.8 Å². The summed E-state index contributed by atoms with van der Waals surface area (Å²) in [6, 6.07) is 32.3. The summed E-state index contributed by atoms with van der Waals surface area (Å²) in [4.78, 5) is 40.9. The Kier molecular flexibility index (Phi) is 22.9. The molecule has 3 fully saturated rings. The van der Waals surface area contributed by atoms with Crippen LogP contribution in [0.3, 0.4) is 0 Å². The first-order valence-electron chi connectivity index (χ1n) is 38.8. The topological polar surface area (TPSA) is 379 Å². The standard InChI is InChI=1S/C29H30N10O.C28H27ClN10O.C28H27FN10O/c1-3-40-27-7-4-20(14-33-27)17-37-8-10-38(11-9-37)26-6-5-21(15-32-26)24-12-22(23-16-34-36(2)18-23)19-39-28(24)25(13-30)29(31)35-39;2*1-36-16-21(14-34-36)20-10-22(26-23(11-30)27(31)35-39(26)17-20)19-3-4-25(32-13-19)38-7-5-37(6-8-38)15-18-9-24(29)28(40-2)33-12-18/h4-7,12,14-16,18-19H,3,8-11,17H2,1-2H3,(H2,31,35);2*3-4,9-10,12-14,16-17H,5-8,15H2,1-2H3,(H2,31,35). The fourth-order valence-electron chi connectivity index (χ4n) is 15.3. The number of hydrogen-bond donors (Lipinski definition) is 3. The second-order valence-corrected chi connectivity index (χ2v) is 29.7. The number of nitriles is 3. The molecule has 120 heavy (non-hydrogen) atoms. The number of anilines is 6. The van der Waals surface area contributed by atoms with E-state index in [4.69, 9.17) is 58.0 Å². The van der Waals surface area contributed by atoms with E-state index < -0.39 is 5.82 Å². The van der Waals surface area contributed by atoms with E-state index in [1.807, 2.05) is 163 Å². The van der Waals surface area contributed by atoms with Gasteiger partial charge >= 0.3 is 0 Å². The molecule has 606 valence electrons. The number of methoxy groups -OCH3 is 2. The molecule has 0 aliphatic carbocycles. The molecule has 0 saturated carbocycles. The average molecular weight is 1630 g/mol. The number of nitrogens with zero attached hydrogens (tertiary/aromatic N) is 27. The van der Waals surface area contributed by atoms with Crippen LogP contribution in [0.5, 0.6) is 17.6 Å². The Morgan fingerprint density at radius 1 is 0.400 bits per heavy atom. The van der Waals surface area contributed by atoms with E-state index >= 15 is 0 Å². The van der Waals surface area contributed by atoms with E-state index in [-0.39, 0.29) is 23.3 Å². The molecule has 0 spiro atoms. The fourth-order valence-corrected chi connectivity index (χ4v) is 15.5. The zero-order valence-corrected chi connectivity index (χ0v) is 67.5. The number of aryl methyl sites for hydroxylation is 3. The van der Waals surface area contributed by atoms with Crippen LogP contribution < -0.4 is 46.1 Å². The average Bonchev–Trinajstić information content (AvgIpc) is 1.60. The quantitative estimate of drug-likeness (QED) is 0.0677. The molecule has 0 aromatic carbocycles. The van der Waals surface area contributed by atoms with E-state index in [0.717, 1.165) is 187 Å². The number of aromatic nitrogens is 18. The molecular formula is C85H84ClFN30O3. The number of nitrogen functional groups attached to an aromatic ring is 3. The number of pyridine rings is 9. The molecule has 0 radical (unpaired) electrons. The van der Waals surface area contributed by atoms with Crippen molar-refractivity contribution in [3.05, 3.63) is 216 Å². The lowest BCUT2D eigenvalue weighted by atomic mass is 10.0. The van der Waals surface area contributed by atoms with Gasteiger partial charge in [0.15, 0.2) is 23.3 Å². The summed E-state index contributed by atoms with van der Waals surface area (Å²) in [5, 5.41) is 56.0. The lowest BCUT2D eigenvalue weighted by molar-refractivity contribution is 0.248. The number of rotatable bonds is 19. The lowest BCUT2D eigenvalue weighted by Gasteiger charge is -2.35. The molecule has 0 bridgehead atoms. The number of hydrogen-bond acceptors (Lipinski definition) is 27. The number of piperazine rings is 3. The maximum absolute atomic E-state index is 14.0. The van der Waals surface area contributed by atoms with Crippen LogP contribution in [0.2, 0.25) is 5.02 Å². The van der Waals surface area contributed by atoms with E-state index in [1.54, 1.807) is 59.5 Å². The highest BCUT2D eigenvalue weighted by molar-refractivity contribution is 6.31. The Hall–Kier alpha value is -14.6. The Bertz CT molecular complexity index is 6090. The molecule has 18 rings (SSSR count). The Balaban J connectivity index is 0.000000134. The summed E-state index contributed by atoms with van der Waals surface area (Å²) < 4.78 is 39.8. The van der Waals surface area contributed by atoms with Gasteiger partial charge in [-0.2, -0.15) is 31.1 Å². The second kappa shape index (κ2) is 34.7. The summed E-state index contributed by atoms with van der Waals surface area (Å²) in [5.41, 5.74) is 35.0. The molecule has 33 nitrogen and oxygen atoms in total. The van der Waals surface area contributed by atoms with E-state index in [1.165, 1.54) is 18.7 Å². The van der Waals surface area contributed by atoms with E-state index in [9.17, 15) is 20.2 Å². The lowest BCUT2D eigenvalue weighted by Crippen LogP contribution is -2.46. The molecule has 0 amide bonds. The molecule has 18 heterocycles. The predicted octanol–water partition coefficient (Wildman–Crippen LogP) is 10.1. The Labute approximate surface area is 694 Å². The van der Waals surface area contributed by atoms with Crippen LogP contribution >= 0.6 is 11.6 Å². The molecule has 15 aromatic rings. The maximum Gasteiger partial charge on any atom is 0.250 e. The van der Waals surface area contributed by atoms with Crippen molar-refractivity contribution in [3.63, 3.8) is 0 Å². The summed E-state index contributed by atoms with van der Waals surface area (Å²) in [7, 11) is 8.58. The van der Waals surface area contributed by atoms with Gasteiger partial charge in [0.05, 0.1) is 56.0 Å².